The van der Waals surface area contributed by atoms with E-state index in [0.717, 1.165) is 4.47 Å². The van der Waals surface area contributed by atoms with Gasteiger partial charge in [0.15, 0.2) is 6.10 Å². The molecule has 16 heavy (non-hydrogen) atoms. The van der Waals surface area contributed by atoms with Gasteiger partial charge in [-0.15, -0.1) is 0 Å². The average molecular weight is 289 g/mol. The van der Waals surface area contributed by atoms with Crippen molar-refractivity contribution in [1.82, 2.24) is 0 Å². The third-order valence-corrected chi connectivity index (χ3v) is 3.26. The van der Waals surface area contributed by atoms with E-state index in [9.17, 15) is 15.0 Å². The maximum atomic E-state index is 11.2. The molecule has 0 aromatic heterocycles. The second-order valence-electron chi connectivity index (χ2n) is 3.49. The lowest BCUT2D eigenvalue weighted by Crippen LogP contribution is -2.15. The number of phenols is 1. The molecule has 0 radical (unpaired) electrons. The summed E-state index contributed by atoms with van der Waals surface area (Å²) in [7, 11) is 1.18. The minimum atomic E-state index is -1.47. The summed E-state index contributed by atoms with van der Waals surface area (Å²) >= 11 is 3.30. The predicted octanol–water partition coefficient (Wildman–Crippen LogP) is 1.98. The van der Waals surface area contributed by atoms with Crippen LogP contribution in [0.4, 0.5) is 0 Å². The fourth-order valence-electron chi connectivity index (χ4n) is 1.45. The number of hydrogen-bond donors (Lipinski definition) is 2. The first-order valence-electron chi connectivity index (χ1n) is 4.64. The Balaban J connectivity index is 3.37. The lowest BCUT2D eigenvalue weighted by molar-refractivity contribution is -0.150. The number of halogens is 1. The second-order valence-corrected chi connectivity index (χ2v) is 4.34. The van der Waals surface area contributed by atoms with Crippen LogP contribution in [0.3, 0.4) is 0 Å². The molecule has 1 rings (SSSR count). The molecule has 1 atom stereocenters. The van der Waals surface area contributed by atoms with Crippen molar-refractivity contribution in [3.63, 3.8) is 0 Å². The van der Waals surface area contributed by atoms with Crippen LogP contribution >= 0.6 is 15.9 Å². The number of methoxy groups -OCH3 is 1. The minimum Gasteiger partial charge on any atom is -0.507 e. The number of aliphatic hydroxyl groups excluding tert-OH is 1. The van der Waals surface area contributed by atoms with Gasteiger partial charge < -0.3 is 14.9 Å². The zero-order chi connectivity index (χ0) is 12.5. The van der Waals surface area contributed by atoms with E-state index in [1.54, 1.807) is 19.9 Å². The molecule has 88 valence electrons. The van der Waals surface area contributed by atoms with Crippen molar-refractivity contribution in [3.05, 3.63) is 27.2 Å². The van der Waals surface area contributed by atoms with E-state index in [1.165, 1.54) is 7.11 Å². The van der Waals surface area contributed by atoms with E-state index in [1.807, 2.05) is 0 Å². The number of carbonyl (C=O) groups is 1. The van der Waals surface area contributed by atoms with Crippen molar-refractivity contribution in [1.29, 1.82) is 0 Å². The van der Waals surface area contributed by atoms with Crippen molar-refractivity contribution >= 4 is 21.9 Å². The Bertz CT molecular complexity index is 402. The Morgan fingerprint density at radius 1 is 1.50 bits per heavy atom. The van der Waals surface area contributed by atoms with E-state index < -0.39 is 12.1 Å². The smallest absolute Gasteiger partial charge is 0.339 e. The van der Waals surface area contributed by atoms with Crippen LogP contribution < -0.4 is 0 Å². The van der Waals surface area contributed by atoms with E-state index in [2.05, 4.69) is 20.7 Å². The first-order valence-corrected chi connectivity index (χ1v) is 5.43. The van der Waals surface area contributed by atoms with Crippen LogP contribution in [0.2, 0.25) is 0 Å². The van der Waals surface area contributed by atoms with E-state index in [-0.39, 0.29) is 11.3 Å². The van der Waals surface area contributed by atoms with Crippen LogP contribution in [0.1, 0.15) is 22.8 Å². The number of aryl methyl sites for hydroxylation is 1. The van der Waals surface area contributed by atoms with Gasteiger partial charge in [0.25, 0.3) is 0 Å². The molecule has 0 saturated heterocycles. The molecule has 1 unspecified atom stereocenters. The number of hydrogen-bond acceptors (Lipinski definition) is 4. The van der Waals surface area contributed by atoms with Crippen LogP contribution in [0.5, 0.6) is 5.75 Å². The molecular weight excluding hydrogens is 276 g/mol. The highest BCUT2D eigenvalue weighted by Crippen LogP contribution is 2.35. The summed E-state index contributed by atoms with van der Waals surface area (Å²) in [5, 5.41) is 19.6. The number of esters is 1. The highest BCUT2D eigenvalue weighted by atomic mass is 79.9. The van der Waals surface area contributed by atoms with Gasteiger partial charge in [-0.2, -0.15) is 0 Å². The number of benzene rings is 1. The Hall–Kier alpha value is -1.07. The van der Waals surface area contributed by atoms with Crippen LogP contribution in [-0.4, -0.2) is 23.3 Å². The van der Waals surface area contributed by atoms with Crippen molar-refractivity contribution < 1.29 is 19.7 Å². The summed E-state index contributed by atoms with van der Waals surface area (Å²) in [6.07, 6.45) is -1.47. The summed E-state index contributed by atoms with van der Waals surface area (Å²) in [5.74, 6) is -0.880. The number of rotatable bonds is 2. The quantitative estimate of drug-likeness (QED) is 0.817. The van der Waals surface area contributed by atoms with Crippen molar-refractivity contribution in [2.45, 2.75) is 20.0 Å². The van der Waals surface area contributed by atoms with E-state index in [0.29, 0.717) is 11.1 Å². The Morgan fingerprint density at radius 3 is 2.56 bits per heavy atom. The normalized spacial score (nSPS) is 12.3. The van der Waals surface area contributed by atoms with Gasteiger partial charge in [-0.05, 0) is 31.0 Å². The maximum Gasteiger partial charge on any atom is 0.339 e. The maximum absolute atomic E-state index is 11.2. The van der Waals surface area contributed by atoms with Gasteiger partial charge in [0.1, 0.15) is 5.75 Å². The van der Waals surface area contributed by atoms with Crippen molar-refractivity contribution in [3.8, 4) is 5.75 Å². The standard InChI is InChI=1S/C11H13BrO4/c1-5-4-7(12)6(2)8(9(5)13)10(14)11(15)16-3/h4,10,13-14H,1-3H3. The zero-order valence-electron chi connectivity index (χ0n) is 9.24. The van der Waals surface area contributed by atoms with Crippen LogP contribution in [0.15, 0.2) is 10.5 Å². The largest absolute Gasteiger partial charge is 0.507 e. The first-order chi connectivity index (χ1) is 7.40. The highest BCUT2D eigenvalue weighted by molar-refractivity contribution is 9.10. The van der Waals surface area contributed by atoms with Gasteiger partial charge in [-0.25, -0.2) is 4.79 Å². The van der Waals surface area contributed by atoms with Crippen LogP contribution in [0.25, 0.3) is 0 Å². The topological polar surface area (TPSA) is 66.8 Å². The molecule has 0 amide bonds. The Morgan fingerprint density at radius 2 is 2.06 bits per heavy atom. The van der Waals surface area contributed by atoms with Gasteiger partial charge in [-0.1, -0.05) is 15.9 Å². The van der Waals surface area contributed by atoms with Gasteiger partial charge >= 0.3 is 5.97 Å². The van der Waals surface area contributed by atoms with Crippen molar-refractivity contribution in [2.24, 2.45) is 0 Å². The van der Waals surface area contributed by atoms with Gasteiger partial charge in [0, 0.05) is 10.0 Å². The summed E-state index contributed by atoms with van der Waals surface area (Å²) in [6.45, 7) is 3.39. The summed E-state index contributed by atoms with van der Waals surface area (Å²) in [6, 6.07) is 1.72. The first kappa shape index (κ1) is 13.0. The summed E-state index contributed by atoms with van der Waals surface area (Å²) in [4.78, 5) is 11.2. The third kappa shape index (κ3) is 2.20. The molecule has 0 bridgehead atoms. The molecule has 4 nitrogen and oxygen atoms in total. The van der Waals surface area contributed by atoms with Crippen LogP contribution in [-0.2, 0) is 9.53 Å². The fourth-order valence-corrected chi connectivity index (χ4v) is 2.01. The molecule has 2 N–H and O–H groups in total. The summed E-state index contributed by atoms with van der Waals surface area (Å²) < 4.78 is 5.16. The van der Waals surface area contributed by atoms with Gasteiger partial charge in [0.05, 0.1) is 7.11 Å². The van der Waals surface area contributed by atoms with E-state index in [4.69, 9.17) is 0 Å². The monoisotopic (exact) mass is 288 g/mol. The number of phenolic OH excluding ortho intramolecular Hbond substituents is 1. The fraction of sp³-hybridized carbons (Fsp3) is 0.364. The molecular formula is C11H13BrO4. The minimum absolute atomic E-state index is 0.0846. The Labute approximate surface area is 102 Å². The Kier molecular flexibility index (Phi) is 3.93. The van der Waals surface area contributed by atoms with Crippen LogP contribution in [0, 0.1) is 13.8 Å². The predicted molar refractivity (Wildman–Crippen MR) is 62.3 cm³/mol. The summed E-state index contributed by atoms with van der Waals surface area (Å²) in [5.41, 5.74) is 1.37. The van der Waals surface area contributed by atoms with Gasteiger partial charge in [-0.3, -0.25) is 0 Å². The number of carbonyl (C=O) groups excluding carboxylic acids is 1. The molecule has 1 aromatic carbocycles. The number of ether oxygens (including phenoxy) is 1. The van der Waals surface area contributed by atoms with Gasteiger partial charge in [0.2, 0.25) is 0 Å². The lowest BCUT2D eigenvalue weighted by Gasteiger charge is -2.16. The molecule has 0 aliphatic rings. The zero-order valence-corrected chi connectivity index (χ0v) is 10.8. The molecule has 0 spiro atoms. The SMILES string of the molecule is COC(=O)C(O)c1c(C)c(Br)cc(C)c1O. The molecule has 0 heterocycles. The third-order valence-electron chi connectivity index (χ3n) is 2.43. The number of aromatic hydroxyl groups is 1. The molecule has 1 aromatic rings. The molecule has 0 fully saturated rings. The number of aliphatic hydroxyl groups is 1. The van der Waals surface area contributed by atoms with Crippen molar-refractivity contribution in [2.75, 3.05) is 7.11 Å². The molecule has 5 heteroatoms. The highest BCUT2D eigenvalue weighted by Gasteiger charge is 2.25. The second kappa shape index (κ2) is 4.84. The molecule has 0 saturated carbocycles. The lowest BCUT2D eigenvalue weighted by atomic mass is 9.99. The van der Waals surface area contributed by atoms with E-state index >= 15 is 0 Å². The molecule has 0 aliphatic heterocycles. The average Bonchev–Trinajstić information content (AvgIpc) is 2.25. The molecule has 0 aliphatic carbocycles.